The Morgan fingerprint density at radius 2 is 2.00 bits per heavy atom. The molecule has 1 heterocycles. The average Bonchev–Trinajstić information content (AvgIpc) is 2.82. The number of fused-ring (bicyclic) bond motifs is 3. The van der Waals surface area contributed by atoms with Crippen molar-refractivity contribution >= 4 is 27.6 Å². The Morgan fingerprint density at radius 1 is 1.22 bits per heavy atom. The summed E-state index contributed by atoms with van der Waals surface area (Å²) >= 11 is 0. The molecule has 1 aromatic heterocycles. The molecule has 0 aliphatic carbocycles. The first-order chi connectivity index (χ1) is 8.70. The Hall–Kier alpha value is -2.56. The van der Waals surface area contributed by atoms with Crippen molar-refractivity contribution in [2.75, 3.05) is 7.11 Å². The van der Waals surface area contributed by atoms with Crippen LogP contribution in [0.3, 0.4) is 0 Å². The lowest BCUT2D eigenvalue weighted by Crippen LogP contribution is -1.84. The third-order valence-electron chi connectivity index (χ3n) is 2.88. The number of methoxy groups -OCH3 is 1. The van der Waals surface area contributed by atoms with Crippen LogP contribution in [0.25, 0.3) is 21.7 Å². The molecule has 0 radical (unpaired) electrons. The van der Waals surface area contributed by atoms with Gasteiger partial charge in [-0.3, -0.25) is 10.1 Å². The monoisotopic (exact) mass is 243 g/mol. The van der Waals surface area contributed by atoms with Gasteiger partial charge in [-0.1, -0.05) is 24.3 Å². The van der Waals surface area contributed by atoms with E-state index in [2.05, 4.69) is 0 Å². The summed E-state index contributed by atoms with van der Waals surface area (Å²) < 4.78 is 10.6. The van der Waals surface area contributed by atoms with E-state index < -0.39 is 4.92 Å². The number of nitro groups is 1. The van der Waals surface area contributed by atoms with Gasteiger partial charge in [0.1, 0.15) is 10.7 Å². The highest BCUT2D eigenvalue weighted by Crippen LogP contribution is 2.36. The standard InChI is InChI=1S/C13H9NO4/c1-17-10-4-2-3-8-5-6-9-7-11(14(15)16)18-13(9)12(8)10/h2-7H,1H3. The minimum atomic E-state index is -0.540. The van der Waals surface area contributed by atoms with E-state index in [-0.39, 0.29) is 5.88 Å². The third-order valence-corrected chi connectivity index (χ3v) is 2.88. The summed E-state index contributed by atoms with van der Waals surface area (Å²) in [4.78, 5) is 10.2. The van der Waals surface area contributed by atoms with E-state index in [0.717, 1.165) is 10.8 Å². The summed E-state index contributed by atoms with van der Waals surface area (Å²) in [6.45, 7) is 0. The topological polar surface area (TPSA) is 65.5 Å². The average molecular weight is 243 g/mol. The maximum absolute atomic E-state index is 10.7. The maximum atomic E-state index is 10.7. The van der Waals surface area contributed by atoms with E-state index in [1.165, 1.54) is 6.07 Å². The van der Waals surface area contributed by atoms with Gasteiger partial charge in [-0.25, -0.2) is 0 Å². The van der Waals surface area contributed by atoms with Crippen LogP contribution in [0.5, 0.6) is 5.75 Å². The molecule has 0 saturated carbocycles. The number of nitrogens with zero attached hydrogens (tertiary/aromatic N) is 1. The first kappa shape index (κ1) is 10.6. The molecule has 0 spiro atoms. The van der Waals surface area contributed by atoms with Gasteiger partial charge in [-0.15, -0.1) is 0 Å². The normalized spacial score (nSPS) is 10.9. The number of furan rings is 1. The Balaban J connectivity index is 2.47. The molecule has 18 heavy (non-hydrogen) atoms. The second-order valence-corrected chi connectivity index (χ2v) is 3.88. The molecule has 0 aliphatic rings. The molecular formula is C13H9NO4. The van der Waals surface area contributed by atoms with Crippen molar-refractivity contribution in [1.82, 2.24) is 0 Å². The fourth-order valence-corrected chi connectivity index (χ4v) is 2.08. The molecule has 0 bridgehead atoms. The zero-order valence-electron chi connectivity index (χ0n) is 9.54. The van der Waals surface area contributed by atoms with Gasteiger partial charge in [-0.2, -0.15) is 0 Å². The highest BCUT2D eigenvalue weighted by Gasteiger charge is 2.17. The van der Waals surface area contributed by atoms with Crippen molar-refractivity contribution in [3.8, 4) is 5.75 Å². The maximum Gasteiger partial charge on any atom is 0.434 e. The lowest BCUT2D eigenvalue weighted by atomic mass is 10.1. The highest BCUT2D eigenvalue weighted by atomic mass is 16.6. The zero-order chi connectivity index (χ0) is 12.7. The molecule has 5 nitrogen and oxygen atoms in total. The van der Waals surface area contributed by atoms with Crippen LogP contribution in [0, 0.1) is 10.1 Å². The summed E-state index contributed by atoms with van der Waals surface area (Å²) in [5.74, 6) is 0.380. The van der Waals surface area contributed by atoms with Crippen molar-refractivity contribution in [2.24, 2.45) is 0 Å². The Kier molecular flexibility index (Phi) is 2.19. The van der Waals surface area contributed by atoms with Gasteiger partial charge in [0.25, 0.3) is 0 Å². The van der Waals surface area contributed by atoms with E-state index in [1.807, 2.05) is 18.2 Å². The van der Waals surface area contributed by atoms with Crippen molar-refractivity contribution in [1.29, 1.82) is 0 Å². The summed E-state index contributed by atoms with van der Waals surface area (Å²) in [6, 6.07) is 10.7. The molecule has 0 aliphatic heterocycles. The molecule has 0 atom stereocenters. The third kappa shape index (κ3) is 1.41. The predicted molar refractivity (Wildman–Crippen MR) is 66.9 cm³/mol. The van der Waals surface area contributed by atoms with Crippen molar-refractivity contribution in [3.63, 3.8) is 0 Å². The summed E-state index contributed by atoms with van der Waals surface area (Å²) in [5.41, 5.74) is 0.483. The van der Waals surface area contributed by atoms with Gasteiger partial charge in [0.05, 0.1) is 18.6 Å². The van der Waals surface area contributed by atoms with Gasteiger partial charge in [-0.05, 0) is 11.5 Å². The van der Waals surface area contributed by atoms with Gasteiger partial charge in [0, 0.05) is 5.39 Å². The zero-order valence-corrected chi connectivity index (χ0v) is 9.54. The van der Waals surface area contributed by atoms with E-state index in [0.29, 0.717) is 16.7 Å². The fourth-order valence-electron chi connectivity index (χ4n) is 2.08. The van der Waals surface area contributed by atoms with Crippen LogP contribution in [-0.2, 0) is 0 Å². The Bertz CT molecular complexity index is 760. The van der Waals surface area contributed by atoms with Crippen LogP contribution < -0.4 is 4.74 Å². The van der Waals surface area contributed by atoms with E-state index in [4.69, 9.17) is 9.15 Å². The van der Waals surface area contributed by atoms with Crippen LogP contribution in [0.2, 0.25) is 0 Å². The van der Waals surface area contributed by atoms with Crippen LogP contribution in [0.15, 0.2) is 40.8 Å². The Labute approximate surface area is 102 Å². The summed E-state index contributed by atoms with van der Waals surface area (Å²) in [5, 5.41) is 13.1. The number of hydrogen-bond donors (Lipinski definition) is 0. The van der Waals surface area contributed by atoms with Crippen molar-refractivity contribution in [2.45, 2.75) is 0 Å². The first-order valence-electron chi connectivity index (χ1n) is 5.34. The van der Waals surface area contributed by atoms with Crippen LogP contribution in [0.4, 0.5) is 5.88 Å². The van der Waals surface area contributed by atoms with E-state index in [1.54, 1.807) is 19.2 Å². The van der Waals surface area contributed by atoms with Gasteiger partial charge in [0.15, 0.2) is 5.58 Å². The van der Waals surface area contributed by atoms with Crippen LogP contribution in [-0.4, -0.2) is 12.0 Å². The molecule has 90 valence electrons. The second-order valence-electron chi connectivity index (χ2n) is 3.88. The number of rotatable bonds is 2. The first-order valence-corrected chi connectivity index (χ1v) is 5.34. The van der Waals surface area contributed by atoms with Crippen LogP contribution in [0.1, 0.15) is 0 Å². The summed E-state index contributed by atoms with van der Waals surface area (Å²) in [7, 11) is 1.56. The second kappa shape index (κ2) is 3.73. The lowest BCUT2D eigenvalue weighted by Gasteiger charge is -2.04. The molecule has 0 unspecified atom stereocenters. The highest BCUT2D eigenvalue weighted by molar-refractivity contribution is 6.08. The molecule has 0 N–H and O–H groups in total. The van der Waals surface area contributed by atoms with Crippen molar-refractivity contribution < 1.29 is 14.1 Å². The van der Waals surface area contributed by atoms with Crippen molar-refractivity contribution in [3.05, 3.63) is 46.5 Å². The predicted octanol–water partition coefficient (Wildman–Crippen LogP) is 3.50. The largest absolute Gasteiger partial charge is 0.496 e. The lowest BCUT2D eigenvalue weighted by molar-refractivity contribution is -0.401. The molecule has 0 fully saturated rings. The molecule has 3 aromatic rings. The number of ether oxygens (including phenoxy) is 1. The molecule has 5 heteroatoms. The van der Waals surface area contributed by atoms with E-state index in [9.17, 15) is 10.1 Å². The molecule has 3 rings (SSSR count). The Morgan fingerprint density at radius 3 is 2.72 bits per heavy atom. The minimum absolute atomic E-state index is 0.261. The van der Waals surface area contributed by atoms with Gasteiger partial charge >= 0.3 is 5.88 Å². The molecule has 2 aromatic carbocycles. The van der Waals surface area contributed by atoms with E-state index >= 15 is 0 Å². The number of benzene rings is 2. The smallest absolute Gasteiger partial charge is 0.434 e. The van der Waals surface area contributed by atoms with Gasteiger partial charge < -0.3 is 9.15 Å². The summed E-state index contributed by atoms with van der Waals surface area (Å²) in [6.07, 6.45) is 0. The SMILES string of the molecule is COc1cccc2ccc3cc([N+](=O)[O-])oc3c12. The van der Waals surface area contributed by atoms with Crippen LogP contribution >= 0.6 is 0 Å². The van der Waals surface area contributed by atoms with Gasteiger partial charge in [0.2, 0.25) is 0 Å². The molecular weight excluding hydrogens is 234 g/mol. The molecule has 0 saturated heterocycles. The number of hydrogen-bond acceptors (Lipinski definition) is 4. The quantitative estimate of drug-likeness (QED) is 0.510. The molecule has 0 amide bonds. The minimum Gasteiger partial charge on any atom is -0.496 e. The fraction of sp³-hybridized carbons (Fsp3) is 0.0769.